The van der Waals surface area contributed by atoms with Crippen LogP contribution in [0.25, 0.3) is 0 Å². The summed E-state index contributed by atoms with van der Waals surface area (Å²) in [5.74, 6) is 0.299. The third-order valence-electron chi connectivity index (χ3n) is 3.26. The molecule has 0 bridgehead atoms. The first-order valence-electron chi connectivity index (χ1n) is 5.71. The number of hydrogen-bond acceptors (Lipinski definition) is 3. The van der Waals surface area contributed by atoms with Crippen LogP contribution in [-0.2, 0) is 11.3 Å². The molecular weight excluding hydrogens is 220 g/mol. The molecule has 1 heterocycles. The van der Waals surface area contributed by atoms with Crippen LogP contribution in [0.15, 0.2) is 10.8 Å². The molecule has 4 heteroatoms. The highest BCUT2D eigenvalue weighted by molar-refractivity contribution is 7.08. The number of carbonyl (C=O) groups excluding carboxylic acids is 1. The molecule has 2 rings (SSSR count). The maximum Gasteiger partial charge on any atom is 0.223 e. The zero-order valence-electron chi connectivity index (χ0n) is 9.53. The van der Waals surface area contributed by atoms with E-state index < -0.39 is 0 Å². The summed E-state index contributed by atoms with van der Waals surface area (Å²) in [6.07, 6.45) is 2.76. The summed E-state index contributed by atoms with van der Waals surface area (Å²) >= 11 is 1.68. The molecule has 1 saturated carbocycles. The third kappa shape index (κ3) is 2.62. The average Bonchev–Trinajstić information content (AvgIpc) is 2.84. The maximum atomic E-state index is 11.8. The van der Waals surface area contributed by atoms with E-state index >= 15 is 0 Å². The van der Waals surface area contributed by atoms with Crippen LogP contribution in [0.3, 0.4) is 0 Å². The van der Waals surface area contributed by atoms with Crippen molar-refractivity contribution in [3.63, 3.8) is 0 Å². The topological polar surface area (TPSA) is 55.1 Å². The van der Waals surface area contributed by atoms with Crippen molar-refractivity contribution < 1.29 is 4.79 Å². The van der Waals surface area contributed by atoms with Crippen molar-refractivity contribution in [3.8, 4) is 0 Å². The molecule has 1 aromatic heterocycles. The van der Waals surface area contributed by atoms with Crippen molar-refractivity contribution in [3.05, 3.63) is 21.9 Å². The first kappa shape index (κ1) is 11.6. The number of amides is 1. The fourth-order valence-electron chi connectivity index (χ4n) is 2.15. The normalized spacial score (nSPS) is 24.6. The number of aryl methyl sites for hydroxylation is 1. The van der Waals surface area contributed by atoms with Gasteiger partial charge in [0.2, 0.25) is 5.91 Å². The summed E-state index contributed by atoms with van der Waals surface area (Å²) in [7, 11) is 0. The van der Waals surface area contributed by atoms with Gasteiger partial charge in [0.25, 0.3) is 0 Å². The highest BCUT2D eigenvalue weighted by atomic mass is 32.1. The van der Waals surface area contributed by atoms with E-state index in [0.717, 1.165) is 19.3 Å². The fraction of sp³-hybridized carbons (Fsp3) is 0.583. The smallest absolute Gasteiger partial charge is 0.223 e. The van der Waals surface area contributed by atoms with Crippen molar-refractivity contribution >= 4 is 17.2 Å². The lowest BCUT2D eigenvalue weighted by molar-refractivity contribution is -0.125. The summed E-state index contributed by atoms with van der Waals surface area (Å²) < 4.78 is 0. The van der Waals surface area contributed by atoms with Crippen molar-refractivity contribution in [2.24, 2.45) is 11.7 Å². The molecule has 2 atom stereocenters. The van der Waals surface area contributed by atoms with E-state index in [1.807, 2.05) is 0 Å². The molecule has 16 heavy (non-hydrogen) atoms. The molecule has 1 fully saturated rings. The minimum Gasteiger partial charge on any atom is -0.352 e. The lowest BCUT2D eigenvalue weighted by Crippen LogP contribution is -2.30. The molecule has 88 valence electrons. The Morgan fingerprint density at radius 3 is 2.94 bits per heavy atom. The van der Waals surface area contributed by atoms with Gasteiger partial charge < -0.3 is 11.1 Å². The van der Waals surface area contributed by atoms with Crippen LogP contribution in [0.5, 0.6) is 0 Å². The highest BCUT2D eigenvalue weighted by Gasteiger charge is 2.27. The number of thiophene rings is 1. The number of carbonyl (C=O) groups is 1. The quantitative estimate of drug-likeness (QED) is 0.843. The van der Waals surface area contributed by atoms with Crippen LogP contribution in [0, 0.1) is 12.8 Å². The highest BCUT2D eigenvalue weighted by Crippen LogP contribution is 2.24. The Hall–Kier alpha value is -0.870. The Labute approximate surface area is 100 Å². The van der Waals surface area contributed by atoms with Gasteiger partial charge in [0, 0.05) is 18.5 Å². The van der Waals surface area contributed by atoms with Crippen LogP contribution in [0.4, 0.5) is 0 Å². The molecule has 0 aromatic carbocycles. The SMILES string of the molecule is Cc1cscc1CNC(=O)C1CCC(N)C1. The summed E-state index contributed by atoms with van der Waals surface area (Å²) in [4.78, 5) is 11.8. The lowest BCUT2D eigenvalue weighted by Gasteiger charge is -2.10. The monoisotopic (exact) mass is 238 g/mol. The Kier molecular flexibility index (Phi) is 3.61. The summed E-state index contributed by atoms with van der Waals surface area (Å²) in [5.41, 5.74) is 8.28. The van der Waals surface area contributed by atoms with Crippen LogP contribution in [0.1, 0.15) is 30.4 Å². The third-order valence-corrected chi connectivity index (χ3v) is 4.17. The molecule has 1 amide bonds. The number of nitrogens with two attached hydrogens (primary N) is 1. The van der Waals surface area contributed by atoms with Gasteiger partial charge in [-0.2, -0.15) is 11.3 Å². The van der Waals surface area contributed by atoms with Gasteiger partial charge in [0.15, 0.2) is 0 Å². The van der Waals surface area contributed by atoms with Gasteiger partial charge in [-0.3, -0.25) is 4.79 Å². The average molecular weight is 238 g/mol. The molecule has 1 aliphatic rings. The van der Waals surface area contributed by atoms with Crippen molar-refractivity contribution in [2.75, 3.05) is 0 Å². The number of nitrogens with one attached hydrogen (secondary N) is 1. The van der Waals surface area contributed by atoms with Crippen LogP contribution < -0.4 is 11.1 Å². The van der Waals surface area contributed by atoms with Crippen molar-refractivity contribution in [1.82, 2.24) is 5.32 Å². The van der Waals surface area contributed by atoms with Gasteiger partial charge in [-0.05, 0) is 48.1 Å². The maximum absolute atomic E-state index is 11.8. The number of rotatable bonds is 3. The van der Waals surface area contributed by atoms with Crippen molar-refractivity contribution in [1.29, 1.82) is 0 Å². The second kappa shape index (κ2) is 4.97. The molecule has 0 aliphatic heterocycles. The van der Waals surface area contributed by atoms with E-state index in [4.69, 9.17) is 5.73 Å². The fourth-order valence-corrected chi connectivity index (χ4v) is 3.01. The molecule has 3 nitrogen and oxygen atoms in total. The summed E-state index contributed by atoms with van der Waals surface area (Å²) in [5, 5.41) is 7.20. The number of hydrogen-bond donors (Lipinski definition) is 2. The van der Waals surface area contributed by atoms with Gasteiger partial charge in [-0.1, -0.05) is 0 Å². The molecule has 0 radical (unpaired) electrons. The molecular formula is C12H18N2OS. The summed E-state index contributed by atoms with van der Waals surface area (Å²) in [6.45, 7) is 2.73. The Morgan fingerprint density at radius 2 is 2.38 bits per heavy atom. The minimum atomic E-state index is 0.133. The predicted octanol–water partition coefficient (Wildman–Crippen LogP) is 1.80. The van der Waals surface area contributed by atoms with Crippen LogP contribution in [0.2, 0.25) is 0 Å². The largest absolute Gasteiger partial charge is 0.352 e. The van der Waals surface area contributed by atoms with E-state index in [1.165, 1.54) is 11.1 Å². The van der Waals surface area contributed by atoms with Gasteiger partial charge >= 0.3 is 0 Å². The van der Waals surface area contributed by atoms with E-state index in [0.29, 0.717) is 6.54 Å². The van der Waals surface area contributed by atoms with E-state index in [1.54, 1.807) is 11.3 Å². The predicted molar refractivity (Wildman–Crippen MR) is 66.2 cm³/mol. The Morgan fingerprint density at radius 1 is 1.56 bits per heavy atom. The summed E-state index contributed by atoms with van der Waals surface area (Å²) in [6, 6.07) is 0.221. The van der Waals surface area contributed by atoms with Gasteiger partial charge in [0.1, 0.15) is 0 Å². The molecule has 0 saturated heterocycles. The second-order valence-electron chi connectivity index (χ2n) is 4.57. The second-order valence-corrected chi connectivity index (χ2v) is 5.31. The van der Waals surface area contributed by atoms with Crippen LogP contribution >= 0.6 is 11.3 Å². The van der Waals surface area contributed by atoms with Crippen molar-refractivity contribution in [2.45, 2.75) is 38.8 Å². The molecule has 1 aliphatic carbocycles. The van der Waals surface area contributed by atoms with Gasteiger partial charge in [0.05, 0.1) is 0 Å². The van der Waals surface area contributed by atoms with E-state index in [-0.39, 0.29) is 17.9 Å². The zero-order valence-corrected chi connectivity index (χ0v) is 10.3. The molecule has 0 spiro atoms. The standard InChI is InChI=1S/C12H18N2OS/c1-8-6-16-7-10(8)5-14-12(15)9-2-3-11(13)4-9/h6-7,9,11H,2-5,13H2,1H3,(H,14,15). The molecule has 1 aromatic rings. The zero-order chi connectivity index (χ0) is 11.5. The molecule has 3 N–H and O–H groups in total. The Bertz CT molecular complexity index is 375. The Balaban J connectivity index is 1.82. The van der Waals surface area contributed by atoms with E-state index in [9.17, 15) is 4.79 Å². The van der Waals surface area contributed by atoms with Gasteiger partial charge in [-0.25, -0.2) is 0 Å². The first-order valence-corrected chi connectivity index (χ1v) is 6.66. The molecule has 2 unspecified atom stereocenters. The lowest BCUT2D eigenvalue weighted by atomic mass is 10.1. The van der Waals surface area contributed by atoms with Crippen LogP contribution in [-0.4, -0.2) is 11.9 Å². The first-order chi connectivity index (χ1) is 7.66. The van der Waals surface area contributed by atoms with E-state index in [2.05, 4.69) is 23.0 Å². The van der Waals surface area contributed by atoms with Gasteiger partial charge in [-0.15, -0.1) is 0 Å². The minimum absolute atomic E-state index is 0.133.